The zero-order valence-electron chi connectivity index (χ0n) is 11.6. The number of morpholine rings is 1. The van der Waals surface area contributed by atoms with Gasteiger partial charge in [-0.15, -0.1) is 0 Å². The van der Waals surface area contributed by atoms with E-state index in [4.69, 9.17) is 9.47 Å². The summed E-state index contributed by atoms with van der Waals surface area (Å²) in [5.41, 5.74) is 0. The Morgan fingerprint density at radius 3 is 2.86 bits per heavy atom. The Labute approximate surface area is 122 Å². The van der Waals surface area contributed by atoms with Crippen LogP contribution in [0.4, 0.5) is 0 Å². The second-order valence-electron chi connectivity index (χ2n) is 4.54. The molecule has 1 aromatic rings. The van der Waals surface area contributed by atoms with E-state index >= 15 is 0 Å². The maximum Gasteiger partial charge on any atom is 0.324 e. The van der Waals surface area contributed by atoms with Crippen molar-refractivity contribution in [3.63, 3.8) is 0 Å². The molecule has 1 aliphatic rings. The Morgan fingerprint density at radius 1 is 1.52 bits per heavy atom. The van der Waals surface area contributed by atoms with Crippen molar-refractivity contribution in [3.8, 4) is 5.75 Å². The number of hydrogen-bond donors (Lipinski definition) is 1. The van der Waals surface area contributed by atoms with Crippen LogP contribution in [0.1, 0.15) is 6.92 Å². The zero-order valence-corrected chi connectivity index (χ0v) is 12.4. The Balaban J connectivity index is 2.43. The highest BCUT2D eigenvalue weighted by Gasteiger charge is 2.42. The number of carboxylic acid groups (broad SMARTS) is 1. The SMILES string of the molecule is COc1cncc(S(=O)(=O)N2CCO[C@H](C)[C@H]2C(=O)O)c1. The van der Waals surface area contributed by atoms with Gasteiger partial charge in [0.15, 0.2) is 0 Å². The number of carboxylic acids is 1. The van der Waals surface area contributed by atoms with Gasteiger partial charge in [0.2, 0.25) is 10.0 Å². The molecular weight excluding hydrogens is 300 g/mol. The molecule has 1 N–H and O–H groups in total. The highest BCUT2D eigenvalue weighted by molar-refractivity contribution is 7.89. The molecule has 1 saturated heterocycles. The number of pyridine rings is 1. The maximum atomic E-state index is 12.6. The maximum absolute atomic E-state index is 12.6. The number of hydrogen-bond acceptors (Lipinski definition) is 6. The Morgan fingerprint density at radius 2 is 2.24 bits per heavy atom. The fraction of sp³-hybridized carbons (Fsp3) is 0.500. The topological polar surface area (TPSA) is 106 Å². The van der Waals surface area contributed by atoms with E-state index in [0.29, 0.717) is 0 Å². The van der Waals surface area contributed by atoms with Crippen molar-refractivity contribution in [1.82, 2.24) is 9.29 Å². The lowest BCUT2D eigenvalue weighted by Gasteiger charge is -2.36. The monoisotopic (exact) mass is 316 g/mol. The van der Waals surface area contributed by atoms with Gasteiger partial charge in [0.1, 0.15) is 16.7 Å². The molecule has 9 heteroatoms. The lowest BCUT2D eigenvalue weighted by molar-refractivity contribution is -0.150. The van der Waals surface area contributed by atoms with E-state index in [9.17, 15) is 18.3 Å². The molecular formula is C12H16N2O6S. The van der Waals surface area contributed by atoms with E-state index < -0.39 is 28.1 Å². The minimum atomic E-state index is -3.99. The quantitative estimate of drug-likeness (QED) is 0.830. The number of rotatable bonds is 4. The summed E-state index contributed by atoms with van der Waals surface area (Å²) in [7, 11) is -2.60. The molecule has 2 heterocycles. The first kappa shape index (κ1) is 15.7. The first-order chi connectivity index (χ1) is 9.87. The van der Waals surface area contributed by atoms with Crippen LogP contribution in [0, 0.1) is 0 Å². The van der Waals surface area contributed by atoms with Crippen LogP contribution in [0.2, 0.25) is 0 Å². The zero-order chi connectivity index (χ0) is 15.6. The predicted molar refractivity (Wildman–Crippen MR) is 71.5 cm³/mol. The van der Waals surface area contributed by atoms with Gasteiger partial charge < -0.3 is 14.6 Å². The summed E-state index contributed by atoms with van der Waals surface area (Å²) in [6.45, 7) is 1.65. The molecule has 1 aromatic heterocycles. The molecule has 0 spiro atoms. The van der Waals surface area contributed by atoms with Crippen molar-refractivity contribution in [3.05, 3.63) is 18.5 Å². The molecule has 1 fully saturated rings. The fourth-order valence-corrected chi connectivity index (χ4v) is 3.78. The lowest BCUT2D eigenvalue weighted by Crippen LogP contribution is -2.56. The summed E-state index contributed by atoms with van der Waals surface area (Å²) in [6.07, 6.45) is 1.80. The second-order valence-corrected chi connectivity index (χ2v) is 6.43. The molecule has 116 valence electrons. The number of aliphatic carboxylic acids is 1. The molecule has 0 aliphatic carbocycles. The van der Waals surface area contributed by atoms with Crippen molar-refractivity contribution >= 4 is 16.0 Å². The van der Waals surface area contributed by atoms with E-state index in [1.807, 2.05) is 0 Å². The van der Waals surface area contributed by atoms with E-state index in [-0.39, 0.29) is 23.8 Å². The predicted octanol–water partition coefficient (Wildman–Crippen LogP) is -0.0472. The fourth-order valence-electron chi connectivity index (χ4n) is 2.17. The number of carbonyl (C=O) groups is 1. The van der Waals surface area contributed by atoms with E-state index in [1.165, 1.54) is 26.3 Å². The minimum Gasteiger partial charge on any atom is -0.495 e. The summed E-state index contributed by atoms with van der Waals surface area (Å²) in [5, 5.41) is 9.26. The van der Waals surface area contributed by atoms with Gasteiger partial charge in [-0.1, -0.05) is 0 Å². The van der Waals surface area contributed by atoms with Gasteiger partial charge >= 0.3 is 5.97 Å². The van der Waals surface area contributed by atoms with E-state index in [1.54, 1.807) is 0 Å². The Bertz CT molecular complexity index is 632. The number of aromatic nitrogens is 1. The average Bonchev–Trinajstić information content (AvgIpc) is 2.46. The molecule has 0 bridgehead atoms. The summed E-state index contributed by atoms with van der Waals surface area (Å²) < 4.78 is 36.4. The van der Waals surface area contributed by atoms with Gasteiger partial charge in [-0.25, -0.2) is 8.42 Å². The number of sulfonamides is 1. The summed E-state index contributed by atoms with van der Waals surface area (Å²) >= 11 is 0. The van der Waals surface area contributed by atoms with Gasteiger partial charge in [-0.05, 0) is 6.92 Å². The third-order valence-corrected chi connectivity index (χ3v) is 5.08. The molecule has 0 amide bonds. The van der Waals surface area contributed by atoms with Crippen LogP contribution < -0.4 is 4.74 Å². The lowest BCUT2D eigenvalue weighted by atomic mass is 10.1. The third-order valence-electron chi connectivity index (χ3n) is 3.23. The van der Waals surface area contributed by atoms with Crippen LogP contribution in [0.5, 0.6) is 5.75 Å². The smallest absolute Gasteiger partial charge is 0.324 e. The molecule has 0 saturated carbocycles. The van der Waals surface area contributed by atoms with Crippen molar-refractivity contribution in [2.24, 2.45) is 0 Å². The van der Waals surface area contributed by atoms with E-state index in [2.05, 4.69) is 4.98 Å². The normalized spacial score (nSPS) is 23.7. The second kappa shape index (κ2) is 5.96. The number of ether oxygens (including phenoxy) is 2. The van der Waals surface area contributed by atoms with E-state index in [0.717, 1.165) is 10.5 Å². The van der Waals surface area contributed by atoms with Gasteiger partial charge in [-0.3, -0.25) is 9.78 Å². The van der Waals surface area contributed by atoms with Crippen LogP contribution in [-0.4, -0.2) is 61.2 Å². The molecule has 1 aliphatic heterocycles. The standard InChI is InChI=1S/C12H16N2O6S/c1-8-11(12(15)16)14(3-4-20-8)21(17,18)10-5-9(19-2)6-13-7-10/h5-8,11H,3-4H2,1-2H3,(H,15,16)/t8-,11+/m1/s1. The summed E-state index contributed by atoms with van der Waals surface area (Å²) in [6, 6.07) is 0.0384. The van der Waals surface area contributed by atoms with Crippen LogP contribution in [0.15, 0.2) is 23.4 Å². The molecule has 0 aromatic carbocycles. The number of methoxy groups -OCH3 is 1. The highest BCUT2D eigenvalue weighted by Crippen LogP contribution is 2.25. The highest BCUT2D eigenvalue weighted by atomic mass is 32.2. The molecule has 8 nitrogen and oxygen atoms in total. The Kier molecular flexibility index (Phi) is 4.45. The van der Waals surface area contributed by atoms with Crippen LogP contribution in [0.3, 0.4) is 0 Å². The largest absolute Gasteiger partial charge is 0.495 e. The number of nitrogens with zero attached hydrogens (tertiary/aromatic N) is 2. The van der Waals surface area contributed by atoms with Gasteiger partial charge in [0.25, 0.3) is 0 Å². The first-order valence-electron chi connectivity index (χ1n) is 6.23. The third kappa shape index (κ3) is 2.99. The van der Waals surface area contributed by atoms with Crippen molar-refractivity contribution in [1.29, 1.82) is 0 Å². The van der Waals surface area contributed by atoms with Crippen LogP contribution in [-0.2, 0) is 19.6 Å². The minimum absolute atomic E-state index is 0.0269. The summed E-state index contributed by atoms with van der Waals surface area (Å²) in [5.74, 6) is -0.967. The van der Waals surface area contributed by atoms with Crippen LogP contribution in [0.25, 0.3) is 0 Å². The van der Waals surface area contributed by atoms with Crippen molar-refractivity contribution in [2.45, 2.75) is 24.0 Å². The molecule has 21 heavy (non-hydrogen) atoms. The Hall–Kier alpha value is -1.71. The van der Waals surface area contributed by atoms with Crippen LogP contribution >= 0.6 is 0 Å². The molecule has 0 radical (unpaired) electrons. The van der Waals surface area contributed by atoms with Crippen molar-refractivity contribution < 1.29 is 27.8 Å². The van der Waals surface area contributed by atoms with Gasteiger partial charge in [0, 0.05) is 18.8 Å². The molecule has 0 unspecified atom stereocenters. The summed E-state index contributed by atoms with van der Waals surface area (Å²) in [4.78, 5) is 15.0. The average molecular weight is 316 g/mol. The molecule has 2 rings (SSSR count). The van der Waals surface area contributed by atoms with Gasteiger partial charge in [0.05, 0.1) is 26.0 Å². The van der Waals surface area contributed by atoms with Gasteiger partial charge in [-0.2, -0.15) is 4.31 Å². The first-order valence-corrected chi connectivity index (χ1v) is 7.67. The van der Waals surface area contributed by atoms with Crippen molar-refractivity contribution in [2.75, 3.05) is 20.3 Å². The molecule has 2 atom stereocenters.